The molecule has 0 saturated carbocycles. The van der Waals surface area contributed by atoms with E-state index in [-0.39, 0.29) is 28.8 Å². The first-order chi connectivity index (χ1) is 11.8. The van der Waals surface area contributed by atoms with Crippen molar-refractivity contribution < 1.29 is 18.1 Å². The number of nitrogens with one attached hydrogen (secondary N) is 2. The van der Waals surface area contributed by atoms with E-state index in [1.165, 1.54) is 30.3 Å². The van der Waals surface area contributed by atoms with Gasteiger partial charge >= 0.3 is 0 Å². The van der Waals surface area contributed by atoms with Crippen LogP contribution in [-0.2, 0) is 14.6 Å². The van der Waals surface area contributed by atoms with Crippen molar-refractivity contribution in [3.8, 4) is 0 Å². The van der Waals surface area contributed by atoms with Crippen LogP contribution >= 0.6 is 0 Å². The molecule has 8 nitrogen and oxygen atoms in total. The SMILES string of the molecule is CCS(=O)(=O)c1ccc(NCC(=O)Nc2cccc([N+](=O)[O-])c2)cc1. The van der Waals surface area contributed by atoms with E-state index in [1.807, 2.05) is 0 Å². The van der Waals surface area contributed by atoms with Gasteiger partial charge in [-0.25, -0.2) is 8.42 Å². The minimum absolute atomic E-state index is 0.0192. The first-order valence-electron chi connectivity index (χ1n) is 7.43. The second-order valence-electron chi connectivity index (χ2n) is 5.14. The molecule has 0 aliphatic heterocycles. The van der Waals surface area contributed by atoms with Crippen LogP contribution in [-0.4, -0.2) is 31.5 Å². The molecule has 9 heteroatoms. The Bertz CT molecular complexity index is 879. The molecular formula is C16H17N3O5S. The molecule has 0 saturated heterocycles. The standard InChI is InChI=1S/C16H17N3O5S/c1-2-25(23,24)15-8-6-12(7-9-15)17-11-16(20)18-13-4-3-5-14(10-13)19(21)22/h3-10,17H,2,11H2,1H3,(H,18,20). The van der Waals surface area contributed by atoms with Crippen molar-refractivity contribution in [2.24, 2.45) is 0 Å². The molecule has 25 heavy (non-hydrogen) atoms. The summed E-state index contributed by atoms with van der Waals surface area (Å²) in [5.74, 6) is -0.364. The van der Waals surface area contributed by atoms with E-state index in [0.29, 0.717) is 11.4 Å². The minimum Gasteiger partial charge on any atom is -0.376 e. The van der Waals surface area contributed by atoms with Gasteiger partial charge in [0.15, 0.2) is 9.84 Å². The van der Waals surface area contributed by atoms with Gasteiger partial charge in [0, 0.05) is 23.5 Å². The maximum absolute atomic E-state index is 11.9. The Kier molecular flexibility index (Phi) is 5.71. The third-order valence-electron chi connectivity index (χ3n) is 3.39. The first-order valence-corrected chi connectivity index (χ1v) is 9.08. The zero-order valence-electron chi connectivity index (χ0n) is 13.4. The lowest BCUT2D eigenvalue weighted by molar-refractivity contribution is -0.384. The van der Waals surface area contributed by atoms with Gasteiger partial charge in [0.2, 0.25) is 5.91 Å². The number of nitro benzene ring substituents is 1. The predicted octanol–water partition coefficient (Wildman–Crippen LogP) is 2.44. The number of carbonyl (C=O) groups is 1. The smallest absolute Gasteiger partial charge is 0.271 e. The molecule has 0 spiro atoms. The first kappa shape index (κ1) is 18.4. The molecule has 2 rings (SSSR count). The van der Waals surface area contributed by atoms with E-state index in [1.54, 1.807) is 25.1 Å². The van der Waals surface area contributed by atoms with Crippen molar-refractivity contribution in [3.63, 3.8) is 0 Å². The normalized spacial score (nSPS) is 10.9. The Morgan fingerprint density at radius 3 is 2.40 bits per heavy atom. The number of carbonyl (C=O) groups excluding carboxylic acids is 1. The van der Waals surface area contributed by atoms with Crippen molar-refractivity contribution >= 4 is 32.8 Å². The van der Waals surface area contributed by atoms with Crippen molar-refractivity contribution in [1.82, 2.24) is 0 Å². The molecule has 2 aromatic rings. The van der Waals surface area contributed by atoms with E-state index < -0.39 is 14.8 Å². The van der Waals surface area contributed by atoms with Crippen LogP contribution in [0.3, 0.4) is 0 Å². The Hall–Kier alpha value is -2.94. The molecule has 0 aliphatic carbocycles. The highest BCUT2D eigenvalue weighted by molar-refractivity contribution is 7.91. The van der Waals surface area contributed by atoms with Crippen molar-refractivity contribution in [1.29, 1.82) is 0 Å². The largest absolute Gasteiger partial charge is 0.376 e. The fraction of sp³-hybridized carbons (Fsp3) is 0.188. The maximum Gasteiger partial charge on any atom is 0.271 e. The molecule has 2 N–H and O–H groups in total. The molecule has 0 bridgehead atoms. The molecular weight excluding hydrogens is 346 g/mol. The number of hydrogen-bond donors (Lipinski definition) is 2. The highest BCUT2D eigenvalue weighted by Crippen LogP contribution is 2.17. The van der Waals surface area contributed by atoms with E-state index in [4.69, 9.17) is 0 Å². The fourth-order valence-electron chi connectivity index (χ4n) is 2.03. The van der Waals surface area contributed by atoms with Crippen LogP contribution in [0.5, 0.6) is 0 Å². The number of sulfone groups is 1. The lowest BCUT2D eigenvalue weighted by atomic mass is 10.3. The second-order valence-corrected chi connectivity index (χ2v) is 7.42. The van der Waals surface area contributed by atoms with E-state index in [2.05, 4.69) is 10.6 Å². The third-order valence-corrected chi connectivity index (χ3v) is 5.14. The Morgan fingerprint density at radius 2 is 1.80 bits per heavy atom. The highest BCUT2D eigenvalue weighted by atomic mass is 32.2. The van der Waals surface area contributed by atoms with Crippen molar-refractivity contribution in [3.05, 3.63) is 58.6 Å². The minimum atomic E-state index is -3.26. The number of non-ortho nitro benzene ring substituents is 1. The second kappa shape index (κ2) is 7.75. The van der Waals surface area contributed by atoms with E-state index in [0.717, 1.165) is 0 Å². The van der Waals surface area contributed by atoms with Crippen molar-refractivity contribution in [2.45, 2.75) is 11.8 Å². The average molecular weight is 363 g/mol. The number of amides is 1. The summed E-state index contributed by atoms with van der Waals surface area (Å²) in [6, 6.07) is 11.7. The van der Waals surface area contributed by atoms with Gasteiger partial charge in [-0.05, 0) is 30.3 Å². The number of anilines is 2. The zero-order chi connectivity index (χ0) is 18.4. The molecule has 132 valence electrons. The van der Waals surface area contributed by atoms with Gasteiger partial charge in [0.1, 0.15) is 0 Å². The van der Waals surface area contributed by atoms with E-state index >= 15 is 0 Å². The fourth-order valence-corrected chi connectivity index (χ4v) is 2.92. The highest BCUT2D eigenvalue weighted by Gasteiger charge is 2.11. The number of rotatable bonds is 7. The predicted molar refractivity (Wildman–Crippen MR) is 94.4 cm³/mol. The van der Waals surface area contributed by atoms with Crippen LogP contribution in [0, 0.1) is 10.1 Å². The van der Waals surface area contributed by atoms with Crippen LogP contribution in [0.4, 0.5) is 17.1 Å². The lowest BCUT2D eigenvalue weighted by Gasteiger charge is -2.08. The Labute approximate surface area is 144 Å². The third kappa shape index (κ3) is 5.01. The molecule has 0 aromatic heterocycles. The molecule has 0 heterocycles. The van der Waals surface area contributed by atoms with Crippen LogP contribution in [0.1, 0.15) is 6.92 Å². The summed E-state index contributed by atoms with van der Waals surface area (Å²) in [6.45, 7) is 1.50. The molecule has 0 fully saturated rings. The molecule has 0 unspecified atom stereocenters. The molecule has 2 aromatic carbocycles. The summed E-state index contributed by atoms with van der Waals surface area (Å²) >= 11 is 0. The van der Waals surface area contributed by atoms with E-state index in [9.17, 15) is 23.3 Å². The summed E-state index contributed by atoms with van der Waals surface area (Å²) in [4.78, 5) is 22.3. The average Bonchev–Trinajstić information content (AvgIpc) is 2.60. The van der Waals surface area contributed by atoms with Crippen LogP contribution in [0.2, 0.25) is 0 Å². The van der Waals surface area contributed by atoms with Crippen LogP contribution in [0.15, 0.2) is 53.4 Å². The van der Waals surface area contributed by atoms with Crippen LogP contribution in [0.25, 0.3) is 0 Å². The summed E-state index contributed by atoms with van der Waals surface area (Å²) < 4.78 is 23.4. The lowest BCUT2D eigenvalue weighted by Crippen LogP contribution is -2.21. The molecule has 0 aliphatic rings. The van der Waals surface area contributed by atoms with Gasteiger partial charge in [0.25, 0.3) is 5.69 Å². The van der Waals surface area contributed by atoms with Gasteiger partial charge in [-0.1, -0.05) is 13.0 Å². The molecule has 0 atom stereocenters. The number of benzene rings is 2. The summed E-state index contributed by atoms with van der Waals surface area (Å²) in [5.41, 5.74) is 0.799. The Balaban J connectivity index is 1.94. The number of nitro groups is 1. The van der Waals surface area contributed by atoms with Crippen LogP contribution < -0.4 is 10.6 Å². The van der Waals surface area contributed by atoms with Gasteiger partial charge in [-0.15, -0.1) is 0 Å². The summed E-state index contributed by atoms with van der Waals surface area (Å²) in [6.07, 6.45) is 0. The maximum atomic E-state index is 11.9. The Morgan fingerprint density at radius 1 is 1.12 bits per heavy atom. The summed E-state index contributed by atoms with van der Waals surface area (Å²) in [5, 5.41) is 16.1. The summed E-state index contributed by atoms with van der Waals surface area (Å²) in [7, 11) is -3.26. The van der Waals surface area contributed by atoms with Gasteiger partial charge in [0.05, 0.1) is 22.1 Å². The number of hydrogen-bond acceptors (Lipinski definition) is 6. The quantitative estimate of drug-likeness (QED) is 0.576. The van der Waals surface area contributed by atoms with Gasteiger partial charge < -0.3 is 10.6 Å². The topological polar surface area (TPSA) is 118 Å². The zero-order valence-corrected chi connectivity index (χ0v) is 14.2. The van der Waals surface area contributed by atoms with Gasteiger partial charge in [-0.2, -0.15) is 0 Å². The van der Waals surface area contributed by atoms with Crippen molar-refractivity contribution in [2.75, 3.05) is 22.9 Å². The number of nitrogens with zero attached hydrogens (tertiary/aromatic N) is 1. The molecule has 0 radical (unpaired) electrons. The molecule has 1 amide bonds. The van der Waals surface area contributed by atoms with Gasteiger partial charge in [-0.3, -0.25) is 14.9 Å². The monoisotopic (exact) mass is 363 g/mol.